The van der Waals surface area contributed by atoms with Crippen LogP contribution in [0.1, 0.15) is 19.4 Å². The molecule has 14 nitrogen and oxygen atoms in total. The van der Waals surface area contributed by atoms with Crippen molar-refractivity contribution < 1.29 is 29.0 Å². The topological polar surface area (TPSA) is 193 Å². The maximum Gasteiger partial charge on any atom is 0.335 e. The molecule has 43 heavy (non-hydrogen) atoms. The Morgan fingerprint density at radius 3 is 2.28 bits per heavy atom. The van der Waals surface area contributed by atoms with E-state index in [1.807, 2.05) is 0 Å². The average molecular weight is 585 g/mol. The molecule has 14 heteroatoms. The SMILES string of the molecule is CC(=O)Nc1ccc(-n2c(=O)[nH]cc(C=CC(C)=CC=C3C(=O)NC(=O)N(c4ccc(OOC=N)cc4)C3=O)c2=O)cc1. The molecule has 3 aromatic rings. The fourth-order valence-corrected chi connectivity index (χ4v) is 3.87. The summed E-state index contributed by atoms with van der Waals surface area (Å²) in [6.45, 7) is 3.01. The van der Waals surface area contributed by atoms with Gasteiger partial charge in [-0.05, 0) is 67.6 Å². The van der Waals surface area contributed by atoms with Crippen molar-refractivity contribution >= 4 is 47.6 Å². The van der Waals surface area contributed by atoms with Crippen molar-refractivity contribution in [2.75, 3.05) is 10.2 Å². The number of amides is 5. The van der Waals surface area contributed by atoms with Gasteiger partial charge in [0.15, 0.2) is 5.75 Å². The zero-order chi connectivity index (χ0) is 31.1. The van der Waals surface area contributed by atoms with Crippen LogP contribution in [-0.4, -0.2) is 39.7 Å². The highest BCUT2D eigenvalue weighted by molar-refractivity contribution is 6.37. The van der Waals surface area contributed by atoms with Gasteiger partial charge in [0.1, 0.15) is 5.57 Å². The number of imide groups is 2. The molecule has 1 fully saturated rings. The predicted octanol–water partition coefficient (Wildman–Crippen LogP) is 2.57. The second-order valence-electron chi connectivity index (χ2n) is 8.93. The van der Waals surface area contributed by atoms with E-state index in [0.717, 1.165) is 9.47 Å². The molecule has 0 unspecified atom stereocenters. The zero-order valence-corrected chi connectivity index (χ0v) is 22.7. The summed E-state index contributed by atoms with van der Waals surface area (Å²) in [5.41, 5.74) is 0.0484. The lowest BCUT2D eigenvalue weighted by atomic mass is 10.1. The van der Waals surface area contributed by atoms with Crippen LogP contribution in [0.2, 0.25) is 0 Å². The Hall–Kier alpha value is -6.31. The second-order valence-corrected chi connectivity index (χ2v) is 8.93. The molecule has 4 rings (SSSR count). The highest BCUT2D eigenvalue weighted by Crippen LogP contribution is 2.23. The first kappa shape index (κ1) is 29.7. The van der Waals surface area contributed by atoms with Crippen LogP contribution in [-0.2, 0) is 19.3 Å². The molecule has 2 heterocycles. The minimum absolute atomic E-state index is 0.146. The number of nitrogens with one attached hydrogen (secondary N) is 4. The van der Waals surface area contributed by atoms with E-state index in [0.29, 0.717) is 17.7 Å². The fraction of sp³-hybridized carbons (Fsp3) is 0.0690. The standard InChI is InChI=1S/C29H24N6O8/c1-17(3-5-19-15-31-28(40)34(26(19)38)21-8-6-20(7-9-21)32-18(2)36)4-14-24-25(37)33-29(41)35(27(24)39)22-10-12-23(13-11-22)43-42-16-30/h3-16,30H,1-2H3,(H,31,40)(H,32,36)(H,33,37,41). The van der Waals surface area contributed by atoms with Crippen LogP contribution >= 0.6 is 0 Å². The third-order valence-corrected chi connectivity index (χ3v) is 5.88. The first-order valence-electron chi connectivity index (χ1n) is 12.5. The van der Waals surface area contributed by atoms with E-state index < -0.39 is 29.1 Å². The van der Waals surface area contributed by atoms with Crippen LogP contribution in [0.3, 0.4) is 0 Å². The number of barbiturate groups is 1. The summed E-state index contributed by atoms with van der Waals surface area (Å²) in [4.78, 5) is 87.1. The van der Waals surface area contributed by atoms with Gasteiger partial charge >= 0.3 is 11.7 Å². The summed E-state index contributed by atoms with van der Waals surface area (Å²) >= 11 is 0. The highest BCUT2D eigenvalue weighted by atomic mass is 17.2. The van der Waals surface area contributed by atoms with Gasteiger partial charge in [0.2, 0.25) is 12.3 Å². The molecule has 4 N–H and O–H groups in total. The number of urea groups is 1. The monoisotopic (exact) mass is 584 g/mol. The molecule has 5 amide bonds. The van der Waals surface area contributed by atoms with E-state index in [-0.39, 0.29) is 34.2 Å². The number of H-pyrrole nitrogens is 1. The molecule has 0 atom stereocenters. The molecular weight excluding hydrogens is 560 g/mol. The largest absolute Gasteiger partial charge is 0.335 e. The molecule has 0 bridgehead atoms. The van der Waals surface area contributed by atoms with E-state index in [1.165, 1.54) is 67.7 Å². The van der Waals surface area contributed by atoms with Gasteiger partial charge in [-0.3, -0.25) is 39.7 Å². The van der Waals surface area contributed by atoms with Crippen LogP contribution < -0.4 is 31.7 Å². The average Bonchev–Trinajstić information content (AvgIpc) is 2.96. The number of benzene rings is 2. The Balaban J connectivity index is 1.55. The van der Waals surface area contributed by atoms with Crippen molar-refractivity contribution in [2.24, 2.45) is 0 Å². The molecule has 0 saturated carbocycles. The normalized spacial score (nSPS) is 14.6. The van der Waals surface area contributed by atoms with Gasteiger partial charge in [0, 0.05) is 18.8 Å². The van der Waals surface area contributed by atoms with Crippen molar-refractivity contribution in [1.82, 2.24) is 14.9 Å². The third kappa shape index (κ3) is 6.89. The van der Waals surface area contributed by atoms with Gasteiger partial charge in [-0.15, -0.1) is 0 Å². The first-order valence-corrected chi connectivity index (χ1v) is 12.5. The van der Waals surface area contributed by atoms with Gasteiger partial charge in [-0.2, -0.15) is 0 Å². The molecule has 1 saturated heterocycles. The van der Waals surface area contributed by atoms with Crippen LogP contribution in [0.5, 0.6) is 5.75 Å². The van der Waals surface area contributed by atoms with E-state index >= 15 is 0 Å². The zero-order valence-electron chi connectivity index (χ0n) is 22.7. The molecule has 0 radical (unpaired) electrons. The summed E-state index contributed by atoms with van der Waals surface area (Å²) in [6, 6.07) is 10.8. The fourth-order valence-electron chi connectivity index (χ4n) is 3.87. The lowest BCUT2D eigenvalue weighted by molar-refractivity contribution is -0.122. The summed E-state index contributed by atoms with van der Waals surface area (Å²) in [5.74, 6) is -1.80. The Bertz CT molecular complexity index is 1820. The molecule has 218 valence electrons. The number of nitrogens with zero attached hydrogens (tertiary/aromatic N) is 2. The smallest absolute Gasteiger partial charge is 0.326 e. The van der Waals surface area contributed by atoms with E-state index in [1.54, 1.807) is 25.1 Å². The van der Waals surface area contributed by atoms with Gasteiger partial charge in [0.25, 0.3) is 17.4 Å². The number of carbonyl (C=O) groups excluding carboxylic acids is 4. The molecular formula is C29H24N6O8. The Kier molecular flexibility index (Phi) is 8.90. The number of hydrogen-bond acceptors (Lipinski definition) is 9. The van der Waals surface area contributed by atoms with Crippen molar-refractivity contribution in [3.05, 3.63) is 111 Å². The number of aromatic nitrogens is 2. The molecule has 1 aromatic heterocycles. The Labute approximate surface area is 243 Å². The first-order chi connectivity index (χ1) is 20.6. The van der Waals surface area contributed by atoms with Crippen molar-refractivity contribution in [1.29, 1.82) is 5.41 Å². The molecule has 0 aliphatic carbocycles. The number of aromatic amines is 1. The van der Waals surface area contributed by atoms with Crippen molar-refractivity contribution in [3.8, 4) is 11.4 Å². The molecule has 1 aliphatic heterocycles. The minimum atomic E-state index is -0.934. The summed E-state index contributed by atoms with van der Waals surface area (Å²) in [6.07, 6.45) is 7.53. The lowest BCUT2D eigenvalue weighted by Crippen LogP contribution is -2.54. The van der Waals surface area contributed by atoms with Gasteiger partial charge in [-0.25, -0.2) is 19.1 Å². The minimum Gasteiger partial charge on any atom is -0.326 e. The van der Waals surface area contributed by atoms with Crippen LogP contribution in [0.15, 0.2) is 93.7 Å². The Morgan fingerprint density at radius 1 is 0.953 bits per heavy atom. The number of hydrogen-bond donors (Lipinski definition) is 4. The Morgan fingerprint density at radius 2 is 1.63 bits per heavy atom. The van der Waals surface area contributed by atoms with Crippen LogP contribution in [0.4, 0.5) is 16.2 Å². The maximum absolute atomic E-state index is 13.1. The van der Waals surface area contributed by atoms with Crippen molar-refractivity contribution in [3.63, 3.8) is 0 Å². The molecule has 1 aliphatic rings. The van der Waals surface area contributed by atoms with Gasteiger partial charge in [-0.1, -0.05) is 17.7 Å². The quantitative estimate of drug-likeness (QED) is 0.0560. The van der Waals surface area contributed by atoms with E-state index in [4.69, 9.17) is 10.3 Å². The predicted molar refractivity (Wildman–Crippen MR) is 156 cm³/mol. The number of allylic oxidation sites excluding steroid dienone is 4. The highest BCUT2D eigenvalue weighted by Gasteiger charge is 2.36. The second kappa shape index (κ2) is 12.9. The van der Waals surface area contributed by atoms with Crippen molar-refractivity contribution in [2.45, 2.75) is 13.8 Å². The molecule has 0 spiro atoms. The number of rotatable bonds is 9. The molecule has 2 aromatic carbocycles. The van der Waals surface area contributed by atoms with E-state index in [9.17, 15) is 28.8 Å². The number of anilines is 2. The van der Waals surface area contributed by atoms with Gasteiger partial charge in [0.05, 0.1) is 16.9 Å². The van der Waals surface area contributed by atoms with Crippen LogP contribution in [0.25, 0.3) is 11.8 Å². The van der Waals surface area contributed by atoms with E-state index in [2.05, 4.69) is 20.5 Å². The number of carbonyl (C=O) groups is 4. The maximum atomic E-state index is 13.1. The summed E-state index contributed by atoms with van der Waals surface area (Å²) < 4.78 is 0.939. The summed E-state index contributed by atoms with van der Waals surface area (Å²) in [7, 11) is 0. The van der Waals surface area contributed by atoms with Crippen LogP contribution in [0, 0.1) is 5.41 Å². The van der Waals surface area contributed by atoms with Gasteiger partial charge < -0.3 is 10.3 Å². The lowest BCUT2D eigenvalue weighted by Gasteiger charge is -2.26. The third-order valence-electron chi connectivity index (χ3n) is 5.88. The summed E-state index contributed by atoms with van der Waals surface area (Å²) in [5, 5.41) is 11.5.